The van der Waals surface area contributed by atoms with E-state index >= 15 is 0 Å². The zero-order valence-electron chi connectivity index (χ0n) is 20.6. The van der Waals surface area contributed by atoms with Crippen molar-refractivity contribution in [1.29, 1.82) is 0 Å². The number of aliphatic carboxylic acids is 1. The van der Waals surface area contributed by atoms with Crippen molar-refractivity contribution in [2.24, 2.45) is 33.7 Å². The molecular formula is C21H37N9O7. The zero-order chi connectivity index (χ0) is 28.1. The number of nitrogens with one attached hydrogen (secondary N) is 2. The van der Waals surface area contributed by atoms with E-state index in [0.29, 0.717) is 12.8 Å². The van der Waals surface area contributed by atoms with Crippen LogP contribution in [0.1, 0.15) is 51.4 Å². The molecule has 0 spiro atoms. The molecule has 37 heavy (non-hydrogen) atoms. The number of amides is 5. The molecule has 13 N–H and O–H groups in total. The van der Waals surface area contributed by atoms with Gasteiger partial charge in [-0.2, -0.15) is 0 Å². The van der Waals surface area contributed by atoms with E-state index in [-0.39, 0.29) is 57.6 Å². The van der Waals surface area contributed by atoms with Crippen molar-refractivity contribution in [3.05, 3.63) is 0 Å². The van der Waals surface area contributed by atoms with Gasteiger partial charge in [-0.05, 0) is 38.5 Å². The molecule has 1 saturated heterocycles. The number of carboxylic acids is 1. The highest BCUT2D eigenvalue weighted by molar-refractivity contribution is 5.94. The summed E-state index contributed by atoms with van der Waals surface area (Å²) in [6, 6.07) is -4.67. The summed E-state index contributed by atoms with van der Waals surface area (Å²) in [6.07, 6.45) is 0.377. The Hall–Kier alpha value is -3.95. The van der Waals surface area contributed by atoms with Crippen LogP contribution in [0, 0.1) is 0 Å². The lowest BCUT2D eigenvalue weighted by atomic mass is 10.0. The number of hydrogen-bond acceptors (Lipinski definition) is 8. The van der Waals surface area contributed by atoms with Crippen LogP contribution in [0.4, 0.5) is 0 Å². The maximum atomic E-state index is 13.1. The highest BCUT2D eigenvalue weighted by Gasteiger charge is 2.38. The minimum absolute atomic E-state index is 0.106. The third-order valence-corrected chi connectivity index (χ3v) is 5.73. The van der Waals surface area contributed by atoms with Gasteiger partial charge < -0.3 is 49.3 Å². The summed E-state index contributed by atoms with van der Waals surface area (Å²) in [5.74, 6) is -4.98. The molecule has 0 aromatic carbocycles. The number of hydrogen-bond donors (Lipinski definition) is 8. The highest BCUT2D eigenvalue weighted by Crippen LogP contribution is 2.19. The van der Waals surface area contributed by atoms with Crippen LogP contribution >= 0.6 is 0 Å². The quantitative estimate of drug-likeness (QED) is 0.0545. The first-order chi connectivity index (χ1) is 17.3. The van der Waals surface area contributed by atoms with Crippen molar-refractivity contribution >= 4 is 41.5 Å². The van der Waals surface area contributed by atoms with Gasteiger partial charge in [0.25, 0.3) is 0 Å². The summed E-state index contributed by atoms with van der Waals surface area (Å²) in [4.78, 5) is 77.8. The Bertz CT molecular complexity index is 892. The molecule has 4 atom stereocenters. The number of nitrogens with zero attached hydrogens (tertiary/aromatic N) is 2. The summed E-state index contributed by atoms with van der Waals surface area (Å²) >= 11 is 0. The number of rotatable bonds is 16. The number of aliphatic imine (C=N–C) groups is 1. The second-order valence-corrected chi connectivity index (χ2v) is 8.72. The topological polar surface area (TPSA) is 292 Å². The molecule has 1 fully saturated rings. The van der Waals surface area contributed by atoms with Crippen LogP contribution in [-0.2, 0) is 28.8 Å². The molecule has 1 rings (SSSR count). The lowest BCUT2D eigenvalue weighted by Gasteiger charge is -2.28. The Morgan fingerprint density at radius 2 is 1.46 bits per heavy atom. The highest BCUT2D eigenvalue weighted by atomic mass is 16.4. The first kappa shape index (κ1) is 31.1. The minimum atomic E-state index is -1.29. The predicted molar refractivity (Wildman–Crippen MR) is 131 cm³/mol. The van der Waals surface area contributed by atoms with E-state index in [1.807, 2.05) is 0 Å². The molecule has 0 bridgehead atoms. The molecule has 16 heteroatoms. The SMILES string of the molecule is NC(=O)CCC(NC(=O)C(N)CCCN=C(N)N)C(=O)NC(CCC(N)=O)C(=O)N1CCCC1C(=O)O. The number of primary amides is 2. The second-order valence-electron chi connectivity index (χ2n) is 8.72. The van der Waals surface area contributed by atoms with Gasteiger partial charge in [-0.15, -0.1) is 0 Å². The monoisotopic (exact) mass is 527 g/mol. The van der Waals surface area contributed by atoms with E-state index in [2.05, 4.69) is 15.6 Å². The molecule has 0 aromatic heterocycles. The van der Waals surface area contributed by atoms with Gasteiger partial charge in [0.1, 0.15) is 18.1 Å². The predicted octanol–water partition coefficient (Wildman–Crippen LogP) is -4.06. The molecule has 4 unspecified atom stereocenters. The van der Waals surface area contributed by atoms with E-state index in [9.17, 15) is 33.9 Å². The van der Waals surface area contributed by atoms with Gasteiger partial charge in [-0.25, -0.2) is 4.79 Å². The number of carbonyl (C=O) groups excluding carboxylic acids is 5. The summed E-state index contributed by atoms with van der Waals surface area (Å²) in [5.41, 5.74) is 26.7. The maximum absolute atomic E-state index is 13.1. The fourth-order valence-corrected chi connectivity index (χ4v) is 3.79. The lowest BCUT2D eigenvalue weighted by molar-refractivity contribution is -0.149. The van der Waals surface area contributed by atoms with Crippen LogP contribution in [-0.4, -0.2) is 88.7 Å². The summed E-state index contributed by atoms with van der Waals surface area (Å²) in [5, 5.41) is 14.3. The summed E-state index contributed by atoms with van der Waals surface area (Å²) < 4.78 is 0. The molecular weight excluding hydrogens is 490 g/mol. The smallest absolute Gasteiger partial charge is 0.326 e. The molecule has 16 nitrogen and oxygen atoms in total. The Kier molecular flexibility index (Phi) is 12.8. The molecule has 1 aliphatic rings. The van der Waals surface area contributed by atoms with Crippen LogP contribution < -0.4 is 39.3 Å². The van der Waals surface area contributed by atoms with Gasteiger partial charge in [-0.3, -0.25) is 29.0 Å². The van der Waals surface area contributed by atoms with Gasteiger partial charge in [-0.1, -0.05) is 0 Å². The van der Waals surface area contributed by atoms with Crippen LogP contribution in [0.5, 0.6) is 0 Å². The van der Waals surface area contributed by atoms with Crippen molar-refractivity contribution < 1.29 is 33.9 Å². The van der Waals surface area contributed by atoms with Crippen LogP contribution in [0.2, 0.25) is 0 Å². The first-order valence-corrected chi connectivity index (χ1v) is 11.8. The minimum Gasteiger partial charge on any atom is -0.480 e. The molecule has 208 valence electrons. The number of carboxylic acid groups (broad SMARTS) is 1. The average molecular weight is 528 g/mol. The normalized spacial score (nSPS) is 17.2. The van der Waals surface area contributed by atoms with E-state index in [4.69, 9.17) is 28.7 Å². The third-order valence-electron chi connectivity index (χ3n) is 5.73. The van der Waals surface area contributed by atoms with E-state index < -0.39 is 59.7 Å². The molecule has 1 aliphatic heterocycles. The fourth-order valence-electron chi connectivity index (χ4n) is 3.79. The Morgan fingerprint density at radius 3 is 2.00 bits per heavy atom. The average Bonchev–Trinajstić information content (AvgIpc) is 3.31. The maximum Gasteiger partial charge on any atom is 0.326 e. The largest absolute Gasteiger partial charge is 0.480 e. The van der Waals surface area contributed by atoms with Crippen LogP contribution in [0.25, 0.3) is 0 Å². The third kappa shape index (κ3) is 11.1. The molecule has 0 saturated carbocycles. The van der Waals surface area contributed by atoms with Crippen LogP contribution in [0.15, 0.2) is 4.99 Å². The van der Waals surface area contributed by atoms with Crippen molar-refractivity contribution in [1.82, 2.24) is 15.5 Å². The van der Waals surface area contributed by atoms with Gasteiger partial charge in [0.05, 0.1) is 6.04 Å². The lowest BCUT2D eigenvalue weighted by Crippen LogP contribution is -2.57. The molecule has 0 aromatic rings. The Morgan fingerprint density at radius 1 is 0.892 bits per heavy atom. The van der Waals surface area contributed by atoms with Gasteiger partial charge in [0.15, 0.2) is 5.96 Å². The van der Waals surface area contributed by atoms with Crippen molar-refractivity contribution in [2.45, 2.75) is 75.5 Å². The van der Waals surface area contributed by atoms with Crippen molar-refractivity contribution in [2.75, 3.05) is 13.1 Å². The molecule has 1 heterocycles. The molecule has 0 aliphatic carbocycles. The van der Waals surface area contributed by atoms with Gasteiger partial charge in [0.2, 0.25) is 29.5 Å². The van der Waals surface area contributed by atoms with E-state index in [0.717, 1.165) is 4.90 Å². The Balaban J connectivity index is 2.97. The standard InChI is InChI=1S/C21H37N9O7/c22-11(3-1-9-27-21(25)26)17(33)28-12(5-7-15(23)31)18(34)29-13(6-8-16(24)32)19(35)30-10-2-4-14(30)20(36)37/h11-14H,1-10,22H2,(H2,23,31)(H2,24,32)(H,28,33)(H,29,34)(H,36,37)(H4,25,26,27). The van der Waals surface area contributed by atoms with Crippen LogP contribution in [0.3, 0.4) is 0 Å². The molecule has 5 amide bonds. The summed E-state index contributed by atoms with van der Waals surface area (Å²) in [6.45, 7) is 0.404. The molecule has 0 radical (unpaired) electrons. The summed E-state index contributed by atoms with van der Waals surface area (Å²) in [7, 11) is 0. The number of likely N-dealkylation sites (tertiary alicyclic amines) is 1. The fraction of sp³-hybridized carbons (Fsp3) is 0.667. The first-order valence-electron chi connectivity index (χ1n) is 11.8. The van der Waals surface area contributed by atoms with Gasteiger partial charge in [0, 0.05) is 25.9 Å². The van der Waals surface area contributed by atoms with E-state index in [1.165, 1.54) is 0 Å². The zero-order valence-corrected chi connectivity index (χ0v) is 20.6. The number of guanidine groups is 1. The van der Waals surface area contributed by atoms with Gasteiger partial charge >= 0.3 is 5.97 Å². The number of carbonyl (C=O) groups is 6. The Labute approximate surface area is 213 Å². The van der Waals surface area contributed by atoms with Crippen molar-refractivity contribution in [3.8, 4) is 0 Å². The second kappa shape index (κ2) is 15.2. The van der Waals surface area contributed by atoms with E-state index in [1.54, 1.807) is 0 Å². The number of nitrogens with two attached hydrogens (primary N) is 5. The van der Waals surface area contributed by atoms with Crippen molar-refractivity contribution in [3.63, 3.8) is 0 Å².